The monoisotopic (exact) mass is 291 g/mol. The van der Waals surface area contributed by atoms with Gasteiger partial charge in [-0.05, 0) is 44.5 Å². The number of nitrogens with two attached hydrogens (primary N) is 2. The Kier molecular flexibility index (Phi) is 5.19. The van der Waals surface area contributed by atoms with E-state index in [-0.39, 0.29) is 11.6 Å². The number of hydrazine groups is 1. The molecule has 5 heteroatoms. The lowest BCUT2D eigenvalue weighted by atomic mass is 9.81. The molecule has 2 rings (SSSR count). The number of likely N-dealkylation sites (N-methyl/N-ethyl adjacent to an activating group) is 1. The van der Waals surface area contributed by atoms with Crippen LogP contribution in [0.2, 0.25) is 0 Å². The third kappa shape index (κ3) is 2.78. The molecule has 5 N–H and O–H groups in total. The molecule has 1 aliphatic rings. The van der Waals surface area contributed by atoms with Crippen molar-refractivity contribution in [3.63, 3.8) is 0 Å². The summed E-state index contributed by atoms with van der Waals surface area (Å²) in [6.07, 6.45) is 6.55. The standard InChI is InChI=1S/C16H29N5/c1-4-21(5-2)16(9-6-7-10-16)14(20-18)13-12(3)8-11-19-15(13)17/h8,11,14,20H,4-7,9-10,18H2,1-3H3,(H2,17,19). The summed E-state index contributed by atoms with van der Waals surface area (Å²) in [5.74, 6) is 6.59. The van der Waals surface area contributed by atoms with Gasteiger partial charge in [0.05, 0.1) is 6.04 Å². The zero-order chi connectivity index (χ0) is 15.5. The lowest BCUT2D eigenvalue weighted by molar-refractivity contribution is 0.0625. The SMILES string of the molecule is CCN(CC)C1(C(NN)c2c(C)ccnc2N)CCCC1. The quantitative estimate of drug-likeness (QED) is 0.552. The van der Waals surface area contributed by atoms with E-state index < -0.39 is 0 Å². The van der Waals surface area contributed by atoms with Crippen molar-refractivity contribution in [2.24, 2.45) is 5.84 Å². The van der Waals surface area contributed by atoms with Crippen LogP contribution in [0.3, 0.4) is 0 Å². The Morgan fingerprint density at radius 2 is 1.95 bits per heavy atom. The van der Waals surface area contributed by atoms with Crippen molar-refractivity contribution < 1.29 is 0 Å². The molecule has 0 bridgehead atoms. The molecule has 1 aliphatic carbocycles. The Labute approximate surface area is 128 Å². The van der Waals surface area contributed by atoms with Gasteiger partial charge >= 0.3 is 0 Å². The van der Waals surface area contributed by atoms with Gasteiger partial charge in [0.25, 0.3) is 0 Å². The summed E-state index contributed by atoms with van der Waals surface area (Å²) in [6, 6.07) is 2.04. The highest BCUT2D eigenvalue weighted by atomic mass is 15.3. The molecular formula is C16H29N5. The molecule has 0 aromatic carbocycles. The van der Waals surface area contributed by atoms with Crippen molar-refractivity contribution >= 4 is 5.82 Å². The van der Waals surface area contributed by atoms with Gasteiger partial charge in [0.2, 0.25) is 0 Å². The molecule has 0 aliphatic heterocycles. The van der Waals surface area contributed by atoms with Crippen LogP contribution in [0.15, 0.2) is 12.3 Å². The Balaban J connectivity index is 2.51. The Morgan fingerprint density at radius 3 is 2.43 bits per heavy atom. The van der Waals surface area contributed by atoms with Crippen LogP contribution in [0.1, 0.15) is 56.7 Å². The van der Waals surface area contributed by atoms with E-state index in [0.29, 0.717) is 5.82 Å². The number of hydrogen-bond donors (Lipinski definition) is 3. The zero-order valence-corrected chi connectivity index (χ0v) is 13.5. The van der Waals surface area contributed by atoms with Crippen molar-refractivity contribution in [2.45, 2.75) is 58.0 Å². The number of nitrogens with one attached hydrogen (secondary N) is 1. The fraction of sp³-hybridized carbons (Fsp3) is 0.688. The molecule has 118 valence electrons. The third-order valence-electron chi connectivity index (χ3n) is 5.09. The number of pyridine rings is 1. The van der Waals surface area contributed by atoms with Crippen LogP contribution in [0.5, 0.6) is 0 Å². The summed E-state index contributed by atoms with van der Waals surface area (Å²) in [4.78, 5) is 6.82. The molecule has 0 radical (unpaired) electrons. The topological polar surface area (TPSA) is 80.2 Å². The van der Waals surface area contributed by atoms with Crippen molar-refractivity contribution in [3.8, 4) is 0 Å². The number of nitrogen functional groups attached to an aromatic ring is 1. The maximum atomic E-state index is 6.18. The number of nitrogens with zero attached hydrogens (tertiary/aromatic N) is 2. The zero-order valence-electron chi connectivity index (χ0n) is 13.5. The smallest absolute Gasteiger partial charge is 0.128 e. The Morgan fingerprint density at radius 1 is 1.33 bits per heavy atom. The second-order valence-corrected chi connectivity index (χ2v) is 6.01. The molecule has 1 saturated carbocycles. The second-order valence-electron chi connectivity index (χ2n) is 6.01. The van der Waals surface area contributed by atoms with Crippen LogP contribution in [-0.2, 0) is 0 Å². The fourth-order valence-electron chi connectivity index (χ4n) is 4.10. The van der Waals surface area contributed by atoms with Crippen molar-refractivity contribution in [3.05, 3.63) is 23.4 Å². The molecule has 1 unspecified atom stereocenters. The molecule has 1 aromatic rings. The van der Waals surface area contributed by atoms with Gasteiger partial charge in [-0.2, -0.15) is 0 Å². The van der Waals surface area contributed by atoms with Crippen molar-refractivity contribution in [1.82, 2.24) is 15.3 Å². The van der Waals surface area contributed by atoms with Crippen LogP contribution in [0.4, 0.5) is 5.82 Å². The van der Waals surface area contributed by atoms with Gasteiger partial charge in [0, 0.05) is 17.3 Å². The maximum absolute atomic E-state index is 6.18. The van der Waals surface area contributed by atoms with E-state index in [1.54, 1.807) is 6.20 Å². The van der Waals surface area contributed by atoms with E-state index in [2.05, 4.69) is 36.1 Å². The first-order valence-corrected chi connectivity index (χ1v) is 8.02. The van der Waals surface area contributed by atoms with E-state index in [0.717, 1.165) is 37.1 Å². The lowest BCUT2D eigenvalue weighted by Gasteiger charge is -2.46. The first kappa shape index (κ1) is 16.2. The predicted octanol–water partition coefficient (Wildman–Crippen LogP) is 2.13. The van der Waals surface area contributed by atoms with E-state index >= 15 is 0 Å². The van der Waals surface area contributed by atoms with Crippen LogP contribution in [0.25, 0.3) is 0 Å². The predicted molar refractivity (Wildman–Crippen MR) is 87.6 cm³/mol. The van der Waals surface area contributed by atoms with E-state index in [1.807, 2.05) is 6.07 Å². The van der Waals surface area contributed by atoms with Crippen LogP contribution in [0, 0.1) is 6.92 Å². The average Bonchev–Trinajstić information content (AvgIpc) is 2.94. The van der Waals surface area contributed by atoms with Crippen molar-refractivity contribution in [1.29, 1.82) is 0 Å². The molecule has 1 atom stereocenters. The molecule has 5 nitrogen and oxygen atoms in total. The highest BCUT2D eigenvalue weighted by Crippen LogP contribution is 2.45. The van der Waals surface area contributed by atoms with Gasteiger partial charge in [-0.25, -0.2) is 4.98 Å². The number of aryl methyl sites for hydroxylation is 1. The molecule has 21 heavy (non-hydrogen) atoms. The summed E-state index contributed by atoms with van der Waals surface area (Å²) in [5, 5.41) is 0. The van der Waals surface area contributed by atoms with Gasteiger partial charge in [-0.15, -0.1) is 0 Å². The van der Waals surface area contributed by atoms with E-state index in [1.165, 1.54) is 12.8 Å². The number of aromatic nitrogens is 1. The number of rotatable bonds is 6. The van der Waals surface area contributed by atoms with E-state index in [9.17, 15) is 0 Å². The lowest BCUT2D eigenvalue weighted by Crippen LogP contribution is -2.56. The molecule has 1 fully saturated rings. The highest BCUT2D eigenvalue weighted by molar-refractivity contribution is 5.47. The number of anilines is 1. The fourth-order valence-corrected chi connectivity index (χ4v) is 4.10. The van der Waals surface area contributed by atoms with Crippen LogP contribution < -0.4 is 17.0 Å². The van der Waals surface area contributed by atoms with Crippen LogP contribution >= 0.6 is 0 Å². The van der Waals surface area contributed by atoms with Gasteiger partial charge in [0.15, 0.2) is 0 Å². The Hall–Kier alpha value is -1.17. The Bertz CT molecular complexity index is 443. The average molecular weight is 291 g/mol. The third-order valence-corrected chi connectivity index (χ3v) is 5.09. The first-order valence-electron chi connectivity index (χ1n) is 8.02. The normalized spacial score (nSPS) is 19.1. The molecular weight excluding hydrogens is 262 g/mol. The largest absolute Gasteiger partial charge is 0.383 e. The summed E-state index contributed by atoms with van der Waals surface area (Å²) in [6.45, 7) is 8.57. The molecule has 1 heterocycles. The molecule has 0 amide bonds. The van der Waals surface area contributed by atoms with Crippen molar-refractivity contribution in [2.75, 3.05) is 18.8 Å². The van der Waals surface area contributed by atoms with Gasteiger partial charge in [-0.1, -0.05) is 26.7 Å². The van der Waals surface area contributed by atoms with Gasteiger partial charge in [-0.3, -0.25) is 16.2 Å². The van der Waals surface area contributed by atoms with Crippen LogP contribution in [-0.4, -0.2) is 28.5 Å². The molecule has 0 saturated heterocycles. The van der Waals surface area contributed by atoms with Gasteiger partial charge < -0.3 is 5.73 Å². The summed E-state index contributed by atoms with van der Waals surface area (Å²) >= 11 is 0. The molecule has 0 spiro atoms. The first-order chi connectivity index (χ1) is 10.1. The number of hydrogen-bond acceptors (Lipinski definition) is 5. The highest BCUT2D eigenvalue weighted by Gasteiger charge is 2.46. The summed E-state index contributed by atoms with van der Waals surface area (Å²) in [5.41, 5.74) is 11.5. The second kappa shape index (κ2) is 6.73. The minimum Gasteiger partial charge on any atom is -0.383 e. The molecule has 1 aromatic heterocycles. The summed E-state index contributed by atoms with van der Waals surface area (Å²) in [7, 11) is 0. The minimum absolute atomic E-state index is 0.0219. The van der Waals surface area contributed by atoms with E-state index in [4.69, 9.17) is 11.6 Å². The summed E-state index contributed by atoms with van der Waals surface area (Å²) < 4.78 is 0. The minimum atomic E-state index is 0.0219. The maximum Gasteiger partial charge on any atom is 0.128 e. The van der Waals surface area contributed by atoms with Gasteiger partial charge in [0.1, 0.15) is 5.82 Å².